The zero-order chi connectivity index (χ0) is 30.7. The summed E-state index contributed by atoms with van der Waals surface area (Å²) in [5, 5.41) is 5.17. The number of methoxy groups -OCH3 is 2. The summed E-state index contributed by atoms with van der Waals surface area (Å²) in [5.41, 5.74) is 6.03. The number of benzene rings is 4. The number of ether oxygens (including phenoxy) is 3. The fraction of sp³-hybridized carbons (Fsp3) is 0.229. The predicted molar refractivity (Wildman–Crippen MR) is 176 cm³/mol. The standard InChI is InChI=1S/C35H34BrN3O4/c1-21(2)27-17-28(23(4)15-31(27)41-5)34-38-30-13-8-7-12-26(30)35(40)39(34)37-19-25-16-32(42-6)33(18-29(25)36)43-20-24-11-9-10-22(3)14-24/h7-19,21H,20H2,1-6H3. The molecule has 43 heavy (non-hydrogen) atoms. The molecule has 0 aliphatic carbocycles. The van der Waals surface area contributed by atoms with Gasteiger partial charge in [0.25, 0.3) is 5.56 Å². The minimum absolute atomic E-state index is 0.202. The van der Waals surface area contributed by atoms with Crippen molar-refractivity contribution in [2.45, 2.75) is 40.2 Å². The molecule has 4 aromatic carbocycles. The number of rotatable bonds is 9. The largest absolute Gasteiger partial charge is 0.496 e. The number of nitrogens with zero attached hydrogens (tertiary/aromatic N) is 3. The van der Waals surface area contributed by atoms with Crippen LogP contribution in [-0.4, -0.2) is 30.1 Å². The Kier molecular flexibility index (Phi) is 8.97. The van der Waals surface area contributed by atoms with E-state index < -0.39 is 0 Å². The molecule has 0 saturated heterocycles. The van der Waals surface area contributed by atoms with E-state index in [9.17, 15) is 4.79 Å². The van der Waals surface area contributed by atoms with Gasteiger partial charge in [-0.25, -0.2) is 4.98 Å². The molecule has 8 heteroatoms. The lowest BCUT2D eigenvalue weighted by molar-refractivity contribution is 0.284. The summed E-state index contributed by atoms with van der Waals surface area (Å²) in [7, 11) is 3.26. The number of fused-ring (bicyclic) bond motifs is 1. The maximum atomic E-state index is 13.8. The number of hydrogen-bond acceptors (Lipinski definition) is 6. The number of aromatic nitrogens is 2. The van der Waals surface area contributed by atoms with Crippen molar-refractivity contribution in [2.75, 3.05) is 14.2 Å². The first kappa shape index (κ1) is 30.0. The molecule has 0 radical (unpaired) electrons. The lowest BCUT2D eigenvalue weighted by Crippen LogP contribution is -2.21. The van der Waals surface area contributed by atoms with E-state index in [0.29, 0.717) is 40.4 Å². The highest BCUT2D eigenvalue weighted by Crippen LogP contribution is 2.35. The minimum Gasteiger partial charge on any atom is -0.496 e. The van der Waals surface area contributed by atoms with Crippen molar-refractivity contribution in [3.63, 3.8) is 0 Å². The van der Waals surface area contributed by atoms with E-state index in [1.807, 2.05) is 61.5 Å². The zero-order valence-electron chi connectivity index (χ0n) is 25.1. The summed E-state index contributed by atoms with van der Waals surface area (Å²) >= 11 is 3.65. The molecular weight excluding hydrogens is 606 g/mol. The van der Waals surface area contributed by atoms with Crippen molar-refractivity contribution in [1.29, 1.82) is 0 Å². The zero-order valence-corrected chi connectivity index (χ0v) is 26.7. The quantitative estimate of drug-likeness (QED) is 0.153. The molecule has 5 rings (SSSR count). The van der Waals surface area contributed by atoms with Gasteiger partial charge in [-0.15, -0.1) is 0 Å². The van der Waals surface area contributed by atoms with Crippen LogP contribution in [0, 0.1) is 13.8 Å². The third kappa shape index (κ3) is 6.34. The molecule has 0 unspecified atom stereocenters. The van der Waals surface area contributed by atoms with Crippen molar-refractivity contribution in [2.24, 2.45) is 5.10 Å². The molecule has 1 heterocycles. The van der Waals surface area contributed by atoms with Gasteiger partial charge in [-0.2, -0.15) is 9.78 Å². The van der Waals surface area contributed by atoms with E-state index in [-0.39, 0.29) is 11.5 Å². The highest BCUT2D eigenvalue weighted by molar-refractivity contribution is 9.10. The van der Waals surface area contributed by atoms with Gasteiger partial charge in [-0.05, 0) is 88.8 Å². The molecule has 0 fully saturated rings. The van der Waals surface area contributed by atoms with Gasteiger partial charge < -0.3 is 14.2 Å². The minimum atomic E-state index is -0.264. The molecule has 0 saturated carbocycles. The number of aryl methyl sites for hydroxylation is 2. The molecule has 1 aromatic heterocycles. The molecule has 0 aliphatic rings. The maximum absolute atomic E-state index is 13.8. The lowest BCUT2D eigenvalue weighted by atomic mass is 9.96. The number of para-hydroxylation sites is 1. The van der Waals surface area contributed by atoms with Crippen molar-refractivity contribution in [3.05, 3.63) is 115 Å². The van der Waals surface area contributed by atoms with E-state index >= 15 is 0 Å². The molecular formula is C35H34BrN3O4. The molecule has 5 aromatic rings. The monoisotopic (exact) mass is 639 g/mol. The van der Waals surface area contributed by atoms with Crippen molar-refractivity contribution in [1.82, 2.24) is 9.66 Å². The van der Waals surface area contributed by atoms with E-state index in [0.717, 1.165) is 32.5 Å². The Balaban J connectivity index is 1.59. The van der Waals surface area contributed by atoms with Crippen LogP contribution < -0.4 is 19.8 Å². The van der Waals surface area contributed by atoms with Crippen LogP contribution in [0.1, 0.15) is 47.6 Å². The van der Waals surface area contributed by atoms with Crippen LogP contribution in [0.25, 0.3) is 22.3 Å². The van der Waals surface area contributed by atoms with Crippen LogP contribution in [0.3, 0.4) is 0 Å². The van der Waals surface area contributed by atoms with E-state index in [1.165, 1.54) is 10.2 Å². The molecule has 0 N–H and O–H groups in total. The van der Waals surface area contributed by atoms with Gasteiger partial charge in [-0.1, -0.05) is 55.8 Å². The normalized spacial score (nSPS) is 11.4. The molecule has 220 valence electrons. The molecule has 0 aliphatic heterocycles. The fourth-order valence-corrected chi connectivity index (χ4v) is 5.40. The Hall–Kier alpha value is -4.43. The second kappa shape index (κ2) is 12.8. The molecule has 0 amide bonds. The van der Waals surface area contributed by atoms with Crippen LogP contribution in [-0.2, 0) is 6.61 Å². The Labute approximate surface area is 259 Å². The highest BCUT2D eigenvalue weighted by Gasteiger charge is 2.19. The Morgan fingerprint density at radius 3 is 2.42 bits per heavy atom. The van der Waals surface area contributed by atoms with Gasteiger partial charge in [0.2, 0.25) is 0 Å². The second-order valence-corrected chi connectivity index (χ2v) is 11.5. The summed E-state index contributed by atoms with van der Waals surface area (Å²) in [5.74, 6) is 2.59. The summed E-state index contributed by atoms with van der Waals surface area (Å²) in [6.07, 6.45) is 1.63. The van der Waals surface area contributed by atoms with Gasteiger partial charge in [0, 0.05) is 15.6 Å². The molecule has 0 atom stereocenters. The van der Waals surface area contributed by atoms with Crippen LogP contribution in [0.15, 0.2) is 87.2 Å². The third-order valence-corrected chi connectivity index (χ3v) is 7.95. The SMILES string of the molecule is COc1cc(C=Nn2c(-c3cc(C(C)C)c(OC)cc3C)nc3ccccc3c2=O)c(Br)cc1OCc1cccc(C)c1. The summed E-state index contributed by atoms with van der Waals surface area (Å²) in [6, 6.07) is 23.2. The Morgan fingerprint density at radius 1 is 0.930 bits per heavy atom. The highest BCUT2D eigenvalue weighted by atomic mass is 79.9. The van der Waals surface area contributed by atoms with Crippen LogP contribution in [0.5, 0.6) is 17.2 Å². The number of hydrogen-bond donors (Lipinski definition) is 0. The Bertz CT molecular complexity index is 1900. The van der Waals surface area contributed by atoms with Crippen LogP contribution in [0.4, 0.5) is 0 Å². The van der Waals surface area contributed by atoms with E-state index in [1.54, 1.807) is 26.5 Å². The summed E-state index contributed by atoms with van der Waals surface area (Å²) in [4.78, 5) is 18.7. The topological polar surface area (TPSA) is 74.9 Å². The smallest absolute Gasteiger partial charge is 0.282 e. The Morgan fingerprint density at radius 2 is 1.70 bits per heavy atom. The fourth-order valence-electron chi connectivity index (χ4n) is 4.98. The van der Waals surface area contributed by atoms with E-state index in [2.05, 4.69) is 53.9 Å². The van der Waals surface area contributed by atoms with Crippen molar-refractivity contribution >= 4 is 33.0 Å². The van der Waals surface area contributed by atoms with Gasteiger partial charge >= 0.3 is 0 Å². The van der Waals surface area contributed by atoms with Gasteiger partial charge in [-0.3, -0.25) is 4.79 Å². The molecule has 0 spiro atoms. The third-order valence-electron chi connectivity index (χ3n) is 7.27. The van der Waals surface area contributed by atoms with Crippen molar-refractivity contribution in [3.8, 4) is 28.6 Å². The first-order valence-corrected chi connectivity index (χ1v) is 14.8. The van der Waals surface area contributed by atoms with Gasteiger partial charge in [0.05, 0.1) is 31.3 Å². The van der Waals surface area contributed by atoms with Gasteiger partial charge in [0.1, 0.15) is 12.4 Å². The average Bonchev–Trinajstić information content (AvgIpc) is 2.99. The number of halogens is 1. The maximum Gasteiger partial charge on any atom is 0.282 e. The van der Waals surface area contributed by atoms with Crippen LogP contribution >= 0.6 is 15.9 Å². The van der Waals surface area contributed by atoms with Crippen LogP contribution in [0.2, 0.25) is 0 Å². The molecule has 0 bridgehead atoms. The first-order chi connectivity index (χ1) is 20.7. The molecule has 7 nitrogen and oxygen atoms in total. The predicted octanol–water partition coefficient (Wildman–Crippen LogP) is 8.04. The van der Waals surface area contributed by atoms with E-state index in [4.69, 9.17) is 19.2 Å². The summed E-state index contributed by atoms with van der Waals surface area (Å²) in [6.45, 7) is 8.65. The summed E-state index contributed by atoms with van der Waals surface area (Å²) < 4.78 is 19.5. The second-order valence-electron chi connectivity index (χ2n) is 10.7. The van der Waals surface area contributed by atoms with Gasteiger partial charge in [0.15, 0.2) is 17.3 Å². The lowest BCUT2D eigenvalue weighted by Gasteiger charge is -2.17. The van der Waals surface area contributed by atoms with Crippen molar-refractivity contribution < 1.29 is 14.2 Å². The average molecular weight is 641 g/mol. The first-order valence-electron chi connectivity index (χ1n) is 14.0.